The van der Waals surface area contributed by atoms with Gasteiger partial charge in [-0.1, -0.05) is 36.4 Å². The van der Waals surface area contributed by atoms with Crippen LogP contribution in [0.5, 0.6) is 0 Å². The summed E-state index contributed by atoms with van der Waals surface area (Å²) in [5, 5.41) is 7.51. The van der Waals surface area contributed by atoms with Crippen LogP contribution in [0.2, 0.25) is 10.6 Å². The summed E-state index contributed by atoms with van der Waals surface area (Å²) in [7, 11) is 0. The van der Waals surface area contributed by atoms with Crippen LogP contribution >= 0.6 is 46.7 Å². The summed E-state index contributed by atoms with van der Waals surface area (Å²) < 4.78 is 0. The van der Waals surface area contributed by atoms with E-state index in [4.69, 9.17) is 23.2 Å². The van der Waals surface area contributed by atoms with Crippen molar-refractivity contribution in [2.45, 2.75) is 20.1 Å². The summed E-state index contributed by atoms with van der Waals surface area (Å²) in [5.74, 6) is 0.776. The van der Waals surface area contributed by atoms with E-state index in [1.807, 2.05) is 60.7 Å². The van der Waals surface area contributed by atoms with Gasteiger partial charge in [-0.3, -0.25) is 0 Å². The lowest BCUT2D eigenvalue weighted by Gasteiger charge is -2.09. The Kier molecular flexibility index (Phi) is 7.94. The van der Waals surface area contributed by atoms with Crippen LogP contribution in [-0.2, 0) is 0 Å². The average Bonchev–Trinajstić information content (AvgIpc) is 2.77. The van der Waals surface area contributed by atoms with E-state index in [9.17, 15) is 0 Å². The van der Waals surface area contributed by atoms with Crippen LogP contribution < -0.4 is 10.6 Å². The molecule has 2 aromatic heterocycles. The molecule has 0 unspecified atom stereocenters. The molecule has 0 saturated carbocycles. The van der Waals surface area contributed by atoms with Crippen LogP contribution in [0.4, 0.5) is 11.9 Å². The standard InChI is InChI=1S/C20H16Cl2N8S2/c21-15-25-17(29-19(27-15)31-13-7-3-1-4-8-13)23-11-12-24-18-26-16(22)28-20(30-18)32-14-9-5-2-6-10-14/h1-10H,11-12H2,(H,23,25,27,29)(H,24,26,28,30). The number of rotatable bonds is 9. The Labute approximate surface area is 203 Å². The van der Waals surface area contributed by atoms with Crippen molar-refractivity contribution in [3.05, 3.63) is 71.2 Å². The Bertz CT molecular complexity index is 1080. The number of nitrogens with one attached hydrogen (secondary N) is 2. The molecule has 0 saturated heterocycles. The molecule has 0 bridgehead atoms. The van der Waals surface area contributed by atoms with Crippen molar-refractivity contribution in [3.8, 4) is 0 Å². The molecule has 162 valence electrons. The van der Waals surface area contributed by atoms with E-state index in [0.717, 1.165) is 9.79 Å². The van der Waals surface area contributed by atoms with Gasteiger partial charge in [-0.15, -0.1) is 0 Å². The molecule has 2 aromatic carbocycles. The average molecular weight is 503 g/mol. The van der Waals surface area contributed by atoms with E-state index in [1.54, 1.807) is 0 Å². The molecule has 32 heavy (non-hydrogen) atoms. The van der Waals surface area contributed by atoms with Crippen molar-refractivity contribution in [1.82, 2.24) is 29.9 Å². The van der Waals surface area contributed by atoms with Crippen molar-refractivity contribution < 1.29 is 0 Å². The Morgan fingerprint density at radius 3 is 1.38 bits per heavy atom. The van der Waals surface area contributed by atoms with Crippen LogP contribution in [0, 0.1) is 0 Å². The van der Waals surface area contributed by atoms with Gasteiger partial charge in [0.25, 0.3) is 0 Å². The highest BCUT2D eigenvalue weighted by atomic mass is 35.5. The molecule has 2 heterocycles. The second-order valence-corrected chi connectivity index (χ2v) is 8.86. The minimum absolute atomic E-state index is 0.126. The summed E-state index contributed by atoms with van der Waals surface area (Å²) in [5.41, 5.74) is 0. The molecule has 0 atom stereocenters. The molecule has 0 radical (unpaired) electrons. The molecule has 4 rings (SSSR count). The number of benzene rings is 2. The van der Waals surface area contributed by atoms with E-state index >= 15 is 0 Å². The molecule has 0 aliphatic carbocycles. The molecule has 0 amide bonds. The SMILES string of the molecule is Clc1nc(NCCNc2nc(Cl)nc(Sc3ccccc3)n2)nc(Sc2ccccc2)n1. The Balaban J connectivity index is 1.32. The van der Waals surface area contributed by atoms with E-state index < -0.39 is 0 Å². The van der Waals surface area contributed by atoms with Gasteiger partial charge in [-0.05, 0) is 71.0 Å². The van der Waals surface area contributed by atoms with Gasteiger partial charge >= 0.3 is 0 Å². The number of hydrogen-bond acceptors (Lipinski definition) is 10. The van der Waals surface area contributed by atoms with Crippen molar-refractivity contribution >= 4 is 58.6 Å². The normalized spacial score (nSPS) is 10.7. The fraction of sp³-hybridized carbons (Fsp3) is 0.100. The molecule has 0 aliphatic rings. The summed E-state index contributed by atoms with van der Waals surface area (Å²) in [4.78, 5) is 27.4. The zero-order valence-corrected chi connectivity index (χ0v) is 19.6. The lowest BCUT2D eigenvalue weighted by Crippen LogP contribution is -2.17. The molecule has 0 fully saturated rings. The van der Waals surface area contributed by atoms with Gasteiger partial charge in [0.2, 0.25) is 22.5 Å². The van der Waals surface area contributed by atoms with Gasteiger partial charge in [0, 0.05) is 22.9 Å². The molecule has 0 aliphatic heterocycles. The van der Waals surface area contributed by atoms with Crippen LogP contribution in [0.1, 0.15) is 0 Å². The van der Waals surface area contributed by atoms with Crippen LogP contribution in [0.15, 0.2) is 80.8 Å². The zero-order valence-electron chi connectivity index (χ0n) is 16.4. The number of hydrogen-bond donors (Lipinski definition) is 2. The van der Waals surface area contributed by atoms with Gasteiger partial charge in [-0.2, -0.15) is 29.9 Å². The lowest BCUT2D eigenvalue weighted by atomic mass is 10.4. The molecular weight excluding hydrogens is 487 g/mol. The highest BCUT2D eigenvalue weighted by molar-refractivity contribution is 7.99. The summed E-state index contributed by atoms with van der Waals surface area (Å²) in [6.45, 7) is 1.00. The first-order chi connectivity index (χ1) is 15.6. The maximum absolute atomic E-state index is 6.05. The van der Waals surface area contributed by atoms with Crippen LogP contribution in [0.25, 0.3) is 0 Å². The molecule has 12 heteroatoms. The van der Waals surface area contributed by atoms with Crippen molar-refractivity contribution in [1.29, 1.82) is 0 Å². The molecule has 8 nitrogen and oxygen atoms in total. The topological polar surface area (TPSA) is 101 Å². The highest BCUT2D eigenvalue weighted by Gasteiger charge is 2.08. The number of halogens is 2. The first kappa shape index (κ1) is 22.5. The van der Waals surface area contributed by atoms with Crippen molar-refractivity contribution in [2.24, 2.45) is 0 Å². The Morgan fingerprint density at radius 1 is 0.562 bits per heavy atom. The van der Waals surface area contributed by atoms with E-state index in [-0.39, 0.29) is 10.6 Å². The maximum atomic E-state index is 6.05. The van der Waals surface area contributed by atoms with Gasteiger partial charge in [0.1, 0.15) is 0 Å². The van der Waals surface area contributed by atoms with Gasteiger partial charge in [0.15, 0.2) is 10.3 Å². The van der Waals surface area contributed by atoms with Crippen LogP contribution in [0.3, 0.4) is 0 Å². The minimum Gasteiger partial charge on any atom is -0.352 e. The number of nitrogens with zero attached hydrogens (tertiary/aromatic N) is 6. The van der Waals surface area contributed by atoms with Crippen molar-refractivity contribution in [2.75, 3.05) is 23.7 Å². The molecule has 4 aromatic rings. The maximum Gasteiger partial charge on any atom is 0.228 e. The molecule has 0 spiro atoms. The van der Waals surface area contributed by atoms with E-state index in [1.165, 1.54) is 23.5 Å². The minimum atomic E-state index is 0.126. The monoisotopic (exact) mass is 502 g/mol. The lowest BCUT2D eigenvalue weighted by molar-refractivity contribution is 0.876. The highest BCUT2D eigenvalue weighted by Crippen LogP contribution is 2.26. The fourth-order valence-electron chi connectivity index (χ4n) is 2.45. The second-order valence-electron chi connectivity index (χ2n) is 6.11. The summed E-state index contributed by atoms with van der Waals surface area (Å²) in [6, 6.07) is 19.6. The largest absolute Gasteiger partial charge is 0.352 e. The van der Waals surface area contributed by atoms with Gasteiger partial charge < -0.3 is 10.6 Å². The summed E-state index contributed by atoms with van der Waals surface area (Å²) >= 11 is 14.9. The van der Waals surface area contributed by atoms with Crippen LogP contribution in [-0.4, -0.2) is 43.0 Å². The number of anilines is 2. The predicted molar refractivity (Wildman–Crippen MR) is 128 cm³/mol. The van der Waals surface area contributed by atoms with Crippen molar-refractivity contribution in [3.63, 3.8) is 0 Å². The number of aromatic nitrogens is 6. The third-order valence-electron chi connectivity index (χ3n) is 3.77. The third kappa shape index (κ3) is 6.92. The first-order valence-corrected chi connectivity index (χ1v) is 11.8. The fourth-order valence-corrected chi connectivity index (χ4v) is 4.41. The quantitative estimate of drug-likeness (QED) is 0.297. The van der Waals surface area contributed by atoms with Gasteiger partial charge in [0.05, 0.1) is 0 Å². The summed E-state index contributed by atoms with van der Waals surface area (Å²) in [6.07, 6.45) is 0. The zero-order chi connectivity index (χ0) is 22.2. The van der Waals surface area contributed by atoms with E-state index in [2.05, 4.69) is 40.5 Å². The molecular formula is C20H16Cl2N8S2. The first-order valence-electron chi connectivity index (χ1n) is 9.41. The predicted octanol–water partition coefficient (Wildman–Crippen LogP) is 5.19. The Morgan fingerprint density at radius 2 is 0.969 bits per heavy atom. The Hall–Kier alpha value is -2.66. The molecule has 2 N–H and O–H groups in total. The third-order valence-corrected chi connectivity index (χ3v) is 5.86. The van der Waals surface area contributed by atoms with Gasteiger partial charge in [-0.25, -0.2) is 0 Å². The second kappa shape index (κ2) is 11.3. The van der Waals surface area contributed by atoms with E-state index in [0.29, 0.717) is 35.3 Å². The smallest absolute Gasteiger partial charge is 0.228 e.